The number of amides is 1. The minimum Gasteiger partial charge on any atom is -0.334 e. The Hall–Kier alpha value is -0.350. The van der Waals surface area contributed by atoms with E-state index in [2.05, 4.69) is 26.9 Å². The summed E-state index contributed by atoms with van der Waals surface area (Å²) >= 11 is 5.22. The van der Waals surface area contributed by atoms with Gasteiger partial charge in [0.1, 0.15) is 0 Å². The van der Waals surface area contributed by atoms with Crippen molar-refractivity contribution in [1.29, 1.82) is 0 Å². The lowest BCUT2D eigenvalue weighted by atomic mass is 9.91. The lowest BCUT2D eigenvalue weighted by Gasteiger charge is -2.37. The second kappa shape index (κ2) is 5.96. The molecular weight excluding hydrogens is 322 g/mol. The van der Waals surface area contributed by atoms with Crippen LogP contribution in [0.15, 0.2) is 6.07 Å². The number of thiophene rings is 1. The third kappa shape index (κ3) is 2.75. The van der Waals surface area contributed by atoms with Crippen LogP contribution in [0.4, 0.5) is 0 Å². The van der Waals surface area contributed by atoms with Gasteiger partial charge in [0.2, 0.25) is 0 Å². The molecule has 0 spiro atoms. The topological polar surface area (TPSA) is 20.3 Å². The normalized spacial score (nSPS) is 18.8. The third-order valence-corrected chi connectivity index (χ3v) is 5.89. The first kappa shape index (κ1) is 13.6. The van der Waals surface area contributed by atoms with Gasteiger partial charge in [-0.25, -0.2) is 0 Å². The second-order valence-corrected chi connectivity index (χ2v) is 7.47. The number of alkyl halides is 1. The fourth-order valence-electron chi connectivity index (χ4n) is 2.98. The molecule has 4 heteroatoms. The summed E-state index contributed by atoms with van der Waals surface area (Å²) in [7, 11) is 0. The van der Waals surface area contributed by atoms with Crippen molar-refractivity contribution in [2.45, 2.75) is 51.0 Å². The standard InChI is InChI=1S/C15H20BrNOS/c16-8-9-17(12-5-3-6-12)15(18)14-10-11-4-1-2-7-13(11)19-14/h10,12H,1-9H2. The Morgan fingerprint density at radius 1 is 1.32 bits per heavy atom. The average molecular weight is 342 g/mol. The molecule has 0 unspecified atom stereocenters. The van der Waals surface area contributed by atoms with E-state index in [1.54, 1.807) is 11.3 Å². The molecule has 1 aromatic rings. The molecule has 0 bridgehead atoms. The van der Waals surface area contributed by atoms with Gasteiger partial charge in [0.15, 0.2) is 0 Å². The predicted molar refractivity (Wildman–Crippen MR) is 83.4 cm³/mol. The highest BCUT2D eigenvalue weighted by Crippen LogP contribution is 2.32. The Morgan fingerprint density at radius 3 is 2.74 bits per heavy atom. The number of carbonyl (C=O) groups is 1. The number of fused-ring (bicyclic) bond motifs is 1. The molecule has 0 radical (unpaired) electrons. The summed E-state index contributed by atoms with van der Waals surface area (Å²) in [5.74, 6) is 0.267. The van der Waals surface area contributed by atoms with Crippen LogP contribution in [-0.4, -0.2) is 28.7 Å². The molecule has 2 aliphatic rings. The molecule has 0 atom stereocenters. The number of aryl methyl sites for hydroxylation is 2. The molecule has 1 amide bonds. The molecule has 2 aliphatic carbocycles. The van der Waals surface area contributed by atoms with Crippen LogP contribution in [0.1, 0.15) is 52.2 Å². The molecule has 19 heavy (non-hydrogen) atoms. The van der Waals surface area contributed by atoms with E-state index in [0.29, 0.717) is 6.04 Å². The van der Waals surface area contributed by atoms with Crippen molar-refractivity contribution < 1.29 is 4.79 Å². The Bertz CT molecular complexity index is 443. The van der Waals surface area contributed by atoms with Crippen LogP contribution in [0.2, 0.25) is 0 Å². The molecule has 0 aromatic carbocycles. The summed E-state index contributed by atoms with van der Waals surface area (Å²) in [6, 6.07) is 2.66. The van der Waals surface area contributed by atoms with Gasteiger partial charge >= 0.3 is 0 Å². The Morgan fingerprint density at radius 2 is 2.11 bits per heavy atom. The van der Waals surface area contributed by atoms with Crippen molar-refractivity contribution in [2.24, 2.45) is 0 Å². The van der Waals surface area contributed by atoms with Crippen LogP contribution in [0.5, 0.6) is 0 Å². The summed E-state index contributed by atoms with van der Waals surface area (Å²) in [5.41, 5.74) is 1.44. The van der Waals surface area contributed by atoms with Crippen molar-refractivity contribution >= 4 is 33.2 Å². The highest BCUT2D eigenvalue weighted by Gasteiger charge is 2.30. The van der Waals surface area contributed by atoms with Crippen molar-refractivity contribution in [2.75, 3.05) is 11.9 Å². The van der Waals surface area contributed by atoms with E-state index in [4.69, 9.17) is 0 Å². The summed E-state index contributed by atoms with van der Waals surface area (Å²) in [6.45, 7) is 0.839. The van der Waals surface area contributed by atoms with Gasteiger partial charge in [0.05, 0.1) is 4.88 Å². The monoisotopic (exact) mass is 341 g/mol. The highest BCUT2D eigenvalue weighted by molar-refractivity contribution is 9.09. The lowest BCUT2D eigenvalue weighted by molar-refractivity contribution is 0.0604. The van der Waals surface area contributed by atoms with Gasteiger partial charge in [-0.15, -0.1) is 11.3 Å². The number of halogens is 1. The molecule has 104 valence electrons. The number of hydrogen-bond donors (Lipinski definition) is 0. The average Bonchev–Trinajstić information content (AvgIpc) is 2.79. The van der Waals surface area contributed by atoms with Gasteiger partial charge in [-0.2, -0.15) is 0 Å². The van der Waals surface area contributed by atoms with Gasteiger partial charge < -0.3 is 4.90 Å². The Kier molecular flexibility index (Phi) is 4.27. The molecule has 1 heterocycles. The van der Waals surface area contributed by atoms with Crippen LogP contribution in [0, 0.1) is 0 Å². The summed E-state index contributed by atoms with van der Waals surface area (Å²) in [4.78, 5) is 17.2. The van der Waals surface area contributed by atoms with Crippen molar-refractivity contribution in [3.63, 3.8) is 0 Å². The van der Waals surface area contributed by atoms with Crippen LogP contribution in [-0.2, 0) is 12.8 Å². The Balaban J connectivity index is 1.78. The first-order valence-electron chi connectivity index (χ1n) is 7.28. The molecule has 0 aliphatic heterocycles. The van der Waals surface area contributed by atoms with Gasteiger partial charge in [-0.05, 0) is 56.6 Å². The molecule has 1 aromatic heterocycles. The number of hydrogen-bond acceptors (Lipinski definition) is 2. The third-order valence-electron chi connectivity index (χ3n) is 4.31. The van der Waals surface area contributed by atoms with Gasteiger partial charge in [-0.3, -0.25) is 4.79 Å². The molecule has 0 saturated heterocycles. The summed E-state index contributed by atoms with van der Waals surface area (Å²) < 4.78 is 0. The first-order valence-corrected chi connectivity index (χ1v) is 9.22. The number of carbonyl (C=O) groups excluding carboxylic acids is 1. The zero-order chi connectivity index (χ0) is 13.2. The molecule has 3 rings (SSSR count). The van der Waals surface area contributed by atoms with Gasteiger partial charge in [0, 0.05) is 22.8 Å². The van der Waals surface area contributed by atoms with Crippen LogP contribution in [0.25, 0.3) is 0 Å². The fraction of sp³-hybridized carbons (Fsp3) is 0.667. The van der Waals surface area contributed by atoms with E-state index < -0.39 is 0 Å². The van der Waals surface area contributed by atoms with E-state index in [1.165, 1.54) is 55.4 Å². The van der Waals surface area contributed by atoms with E-state index in [-0.39, 0.29) is 5.91 Å². The SMILES string of the molecule is O=C(c1cc2c(s1)CCCC2)N(CCBr)C1CCC1. The number of nitrogens with zero attached hydrogens (tertiary/aromatic N) is 1. The smallest absolute Gasteiger partial charge is 0.264 e. The molecule has 1 fully saturated rings. The minimum atomic E-state index is 0.267. The summed E-state index contributed by atoms with van der Waals surface area (Å²) in [6.07, 6.45) is 8.56. The zero-order valence-corrected chi connectivity index (χ0v) is 13.6. The van der Waals surface area contributed by atoms with Gasteiger partial charge in [0.25, 0.3) is 5.91 Å². The van der Waals surface area contributed by atoms with Crippen LogP contribution < -0.4 is 0 Å². The van der Waals surface area contributed by atoms with E-state index in [0.717, 1.165) is 16.8 Å². The lowest BCUT2D eigenvalue weighted by Crippen LogP contribution is -2.44. The zero-order valence-electron chi connectivity index (χ0n) is 11.2. The fourth-order valence-corrected chi connectivity index (χ4v) is 4.57. The minimum absolute atomic E-state index is 0.267. The predicted octanol–water partition coefficient (Wildman–Crippen LogP) is 4.02. The maximum absolute atomic E-state index is 12.7. The molecular formula is C15H20BrNOS. The quantitative estimate of drug-likeness (QED) is 0.757. The van der Waals surface area contributed by atoms with Crippen molar-refractivity contribution in [3.8, 4) is 0 Å². The maximum atomic E-state index is 12.7. The first-order chi connectivity index (χ1) is 9.29. The van der Waals surface area contributed by atoms with Crippen LogP contribution in [0.3, 0.4) is 0 Å². The van der Waals surface area contributed by atoms with E-state index in [1.807, 2.05) is 0 Å². The molecule has 2 nitrogen and oxygen atoms in total. The maximum Gasteiger partial charge on any atom is 0.264 e. The van der Waals surface area contributed by atoms with Crippen molar-refractivity contribution in [1.82, 2.24) is 4.90 Å². The largest absolute Gasteiger partial charge is 0.334 e. The van der Waals surface area contributed by atoms with Crippen molar-refractivity contribution in [3.05, 3.63) is 21.4 Å². The molecule has 1 saturated carbocycles. The van der Waals surface area contributed by atoms with E-state index >= 15 is 0 Å². The summed E-state index contributed by atoms with van der Waals surface area (Å²) in [5, 5.41) is 0.875. The highest BCUT2D eigenvalue weighted by atomic mass is 79.9. The Labute approximate surface area is 127 Å². The van der Waals surface area contributed by atoms with Crippen LogP contribution >= 0.6 is 27.3 Å². The number of rotatable bonds is 4. The second-order valence-electron chi connectivity index (χ2n) is 5.54. The van der Waals surface area contributed by atoms with E-state index in [9.17, 15) is 4.79 Å². The molecule has 0 N–H and O–H groups in total. The van der Waals surface area contributed by atoms with Gasteiger partial charge in [-0.1, -0.05) is 15.9 Å².